The molecule has 1 aliphatic rings. The Morgan fingerprint density at radius 1 is 1.19 bits per heavy atom. The summed E-state index contributed by atoms with van der Waals surface area (Å²) in [5.74, 6) is 0.756. The van der Waals surface area contributed by atoms with Crippen molar-refractivity contribution < 1.29 is 8.42 Å². The molecule has 0 atom stereocenters. The lowest BCUT2D eigenvalue weighted by Gasteiger charge is -2.26. The fraction of sp³-hybridized carbons (Fsp3) is 0.611. The van der Waals surface area contributed by atoms with Gasteiger partial charge in [-0.2, -0.15) is 0 Å². The lowest BCUT2D eigenvalue weighted by Crippen LogP contribution is -2.42. The molecule has 154 valence electrons. The summed E-state index contributed by atoms with van der Waals surface area (Å²) in [7, 11) is -2.02. The molecule has 1 aromatic rings. The normalized spacial score (nSPS) is 15.9. The molecular weight excluding hydrogens is 477 g/mol. The van der Waals surface area contributed by atoms with Crippen LogP contribution >= 0.6 is 24.0 Å². The van der Waals surface area contributed by atoms with Crippen LogP contribution in [0.15, 0.2) is 34.2 Å². The number of guanidine groups is 1. The molecule has 1 aliphatic heterocycles. The Bertz CT molecular complexity index is 691. The van der Waals surface area contributed by atoms with Crippen molar-refractivity contribution in [3.8, 4) is 0 Å². The van der Waals surface area contributed by atoms with Gasteiger partial charge in [0.2, 0.25) is 10.0 Å². The monoisotopic (exact) mass is 509 g/mol. The zero-order valence-corrected chi connectivity index (χ0v) is 19.3. The summed E-state index contributed by atoms with van der Waals surface area (Å²) in [5, 5.41) is 6.60. The van der Waals surface area contributed by atoms with E-state index in [2.05, 4.69) is 25.2 Å². The van der Waals surface area contributed by atoms with Gasteiger partial charge in [0, 0.05) is 19.6 Å². The Kier molecular flexibility index (Phi) is 11.2. The van der Waals surface area contributed by atoms with E-state index in [1.807, 2.05) is 13.0 Å². The van der Waals surface area contributed by atoms with Gasteiger partial charge in [-0.3, -0.25) is 0 Å². The lowest BCUT2D eigenvalue weighted by atomic mass is 10.1. The second kappa shape index (κ2) is 12.5. The first-order valence-corrected chi connectivity index (χ1v) is 10.8. The topological polar surface area (TPSA) is 85.8 Å². The Morgan fingerprint density at radius 2 is 1.93 bits per heavy atom. The minimum absolute atomic E-state index is 0. The number of benzene rings is 1. The molecule has 27 heavy (non-hydrogen) atoms. The van der Waals surface area contributed by atoms with E-state index in [0.29, 0.717) is 6.54 Å². The molecule has 0 amide bonds. The van der Waals surface area contributed by atoms with E-state index in [0.717, 1.165) is 31.2 Å². The summed E-state index contributed by atoms with van der Waals surface area (Å²) in [6.07, 6.45) is 3.93. The molecule has 0 saturated carbocycles. The molecular formula is C18H32IN5O2S. The van der Waals surface area contributed by atoms with Gasteiger partial charge in [-0.1, -0.05) is 18.6 Å². The molecule has 1 aromatic carbocycles. The van der Waals surface area contributed by atoms with Gasteiger partial charge >= 0.3 is 0 Å². The number of sulfonamides is 1. The van der Waals surface area contributed by atoms with Gasteiger partial charge in [0.05, 0.1) is 11.4 Å². The predicted octanol–water partition coefficient (Wildman–Crippen LogP) is 1.75. The molecule has 0 aromatic heterocycles. The molecule has 9 heteroatoms. The van der Waals surface area contributed by atoms with E-state index in [9.17, 15) is 8.42 Å². The number of halogens is 1. The van der Waals surface area contributed by atoms with Crippen LogP contribution in [0.3, 0.4) is 0 Å². The van der Waals surface area contributed by atoms with E-state index in [4.69, 9.17) is 0 Å². The number of rotatable bonds is 8. The van der Waals surface area contributed by atoms with Gasteiger partial charge in [0.15, 0.2) is 5.96 Å². The maximum Gasteiger partial charge on any atom is 0.240 e. The van der Waals surface area contributed by atoms with Crippen LogP contribution in [0.5, 0.6) is 0 Å². The minimum Gasteiger partial charge on any atom is -0.357 e. The third-order valence-corrected chi connectivity index (χ3v) is 5.82. The Labute approximate surface area is 180 Å². The molecule has 0 spiro atoms. The Morgan fingerprint density at radius 3 is 2.59 bits per heavy atom. The molecule has 0 unspecified atom stereocenters. The quantitative estimate of drug-likeness (QED) is 0.283. The molecule has 0 radical (unpaired) electrons. The first kappa shape index (κ1) is 24.1. The SMILES string of the molecule is CCNC(=NCc1cccc(S(=O)(=O)NC)c1)NCCN1CCCCC1.I. The summed E-state index contributed by atoms with van der Waals surface area (Å²) in [5.41, 5.74) is 0.856. The predicted molar refractivity (Wildman–Crippen MR) is 121 cm³/mol. The molecule has 7 nitrogen and oxygen atoms in total. The summed E-state index contributed by atoms with van der Waals surface area (Å²) >= 11 is 0. The molecule has 3 N–H and O–H groups in total. The number of hydrogen-bond donors (Lipinski definition) is 3. The molecule has 2 rings (SSSR count). The first-order chi connectivity index (χ1) is 12.5. The van der Waals surface area contributed by atoms with Gasteiger partial charge in [-0.05, 0) is 57.6 Å². The molecule has 1 saturated heterocycles. The summed E-state index contributed by atoms with van der Waals surface area (Å²) in [6.45, 7) is 7.46. The molecule has 0 bridgehead atoms. The summed E-state index contributed by atoms with van der Waals surface area (Å²) in [6, 6.07) is 6.87. The van der Waals surface area contributed by atoms with Crippen molar-refractivity contribution >= 4 is 40.0 Å². The number of aliphatic imine (C=N–C) groups is 1. The van der Waals surface area contributed by atoms with Crippen molar-refractivity contribution in [2.75, 3.05) is 39.8 Å². The highest BCUT2D eigenvalue weighted by molar-refractivity contribution is 14.0. The summed E-state index contributed by atoms with van der Waals surface area (Å²) in [4.78, 5) is 7.31. The highest BCUT2D eigenvalue weighted by atomic mass is 127. The van der Waals surface area contributed by atoms with E-state index in [1.165, 1.54) is 39.4 Å². The number of hydrogen-bond acceptors (Lipinski definition) is 4. The smallest absolute Gasteiger partial charge is 0.240 e. The highest BCUT2D eigenvalue weighted by Gasteiger charge is 2.11. The van der Waals surface area contributed by atoms with E-state index >= 15 is 0 Å². The van der Waals surface area contributed by atoms with Crippen LogP contribution in [0.4, 0.5) is 0 Å². The average Bonchev–Trinajstić information content (AvgIpc) is 2.67. The van der Waals surface area contributed by atoms with Crippen LogP contribution in [0.1, 0.15) is 31.7 Å². The highest BCUT2D eigenvalue weighted by Crippen LogP contribution is 2.12. The first-order valence-electron chi connectivity index (χ1n) is 9.32. The average molecular weight is 509 g/mol. The Balaban J connectivity index is 0.00000364. The van der Waals surface area contributed by atoms with Gasteiger partial charge in [-0.25, -0.2) is 18.1 Å². The fourth-order valence-electron chi connectivity index (χ4n) is 2.96. The minimum atomic E-state index is -3.43. The number of likely N-dealkylation sites (tertiary alicyclic amines) is 1. The van der Waals surface area contributed by atoms with Gasteiger partial charge < -0.3 is 15.5 Å². The fourth-order valence-corrected chi connectivity index (χ4v) is 3.76. The standard InChI is InChI=1S/C18H31N5O2S.HI/c1-3-20-18(21-10-13-23-11-5-4-6-12-23)22-15-16-8-7-9-17(14-16)26(24,25)19-2;/h7-9,14,19H,3-6,10-13,15H2,1-2H3,(H2,20,21,22);1H. The Hall–Kier alpha value is -0.910. The van der Waals surface area contributed by atoms with Gasteiger partial charge in [0.25, 0.3) is 0 Å². The van der Waals surface area contributed by atoms with Crippen molar-refractivity contribution in [2.24, 2.45) is 4.99 Å². The van der Waals surface area contributed by atoms with Crippen LogP contribution in [0.25, 0.3) is 0 Å². The molecule has 1 fully saturated rings. The molecule has 1 heterocycles. The van der Waals surface area contributed by atoms with Crippen molar-refractivity contribution in [1.29, 1.82) is 0 Å². The zero-order chi connectivity index (χ0) is 18.8. The van der Waals surface area contributed by atoms with Crippen LogP contribution in [0, 0.1) is 0 Å². The zero-order valence-electron chi connectivity index (χ0n) is 16.2. The number of nitrogens with zero attached hydrogens (tertiary/aromatic N) is 2. The maximum atomic E-state index is 11.9. The van der Waals surface area contributed by atoms with Crippen LogP contribution in [0.2, 0.25) is 0 Å². The number of piperidine rings is 1. The largest absolute Gasteiger partial charge is 0.357 e. The van der Waals surface area contributed by atoms with Crippen LogP contribution < -0.4 is 15.4 Å². The van der Waals surface area contributed by atoms with Crippen LogP contribution in [-0.4, -0.2) is 59.0 Å². The van der Waals surface area contributed by atoms with Crippen LogP contribution in [-0.2, 0) is 16.6 Å². The second-order valence-electron chi connectivity index (χ2n) is 6.38. The van der Waals surface area contributed by atoms with E-state index in [-0.39, 0.29) is 28.9 Å². The van der Waals surface area contributed by atoms with Gasteiger partial charge in [0.1, 0.15) is 0 Å². The third kappa shape index (κ3) is 8.32. The maximum absolute atomic E-state index is 11.9. The summed E-state index contributed by atoms with van der Waals surface area (Å²) < 4.78 is 26.2. The van der Waals surface area contributed by atoms with Crippen molar-refractivity contribution in [1.82, 2.24) is 20.3 Å². The van der Waals surface area contributed by atoms with E-state index in [1.54, 1.807) is 18.2 Å². The second-order valence-corrected chi connectivity index (χ2v) is 8.27. The van der Waals surface area contributed by atoms with Crippen molar-refractivity contribution in [3.05, 3.63) is 29.8 Å². The third-order valence-electron chi connectivity index (χ3n) is 4.41. The molecule has 0 aliphatic carbocycles. The number of nitrogens with one attached hydrogen (secondary N) is 3. The van der Waals surface area contributed by atoms with Gasteiger partial charge in [-0.15, -0.1) is 24.0 Å². The van der Waals surface area contributed by atoms with Crippen molar-refractivity contribution in [3.63, 3.8) is 0 Å². The van der Waals surface area contributed by atoms with Crippen molar-refractivity contribution in [2.45, 2.75) is 37.6 Å². The van der Waals surface area contributed by atoms with E-state index < -0.39 is 10.0 Å². The lowest BCUT2D eigenvalue weighted by molar-refractivity contribution is 0.232.